The van der Waals surface area contributed by atoms with Crippen LogP contribution in [0, 0.1) is 17.8 Å². The van der Waals surface area contributed by atoms with Crippen LogP contribution in [0.4, 0.5) is 4.79 Å². The van der Waals surface area contributed by atoms with E-state index in [4.69, 9.17) is 9.84 Å². The molecule has 28 heavy (non-hydrogen) atoms. The molecule has 3 aliphatic rings. The molecule has 1 saturated carbocycles. The summed E-state index contributed by atoms with van der Waals surface area (Å²) in [5.41, 5.74) is 4.85. The molecule has 3 atom stereocenters. The van der Waals surface area contributed by atoms with Crippen LogP contribution in [-0.4, -0.2) is 41.8 Å². The van der Waals surface area contributed by atoms with Crippen LogP contribution in [0.15, 0.2) is 48.5 Å². The third-order valence-electron chi connectivity index (χ3n) is 6.58. The minimum atomic E-state index is -0.704. The first kappa shape index (κ1) is 17.3. The van der Waals surface area contributed by atoms with E-state index in [-0.39, 0.29) is 23.8 Å². The lowest BCUT2D eigenvalue weighted by Gasteiger charge is -2.19. The maximum Gasteiger partial charge on any atom is 0.409 e. The number of fused-ring (bicyclic) bond motifs is 3. The lowest BCUT2D eigenvalue weighted by molar-refractivity contribution is -0.139. The fourth-order valence-corrected chi connectivity index (χ4v) is 5.01. The number of nitrogens with zero attached hydrogens (tertiary/aromatic N) is 1. The zero-order chi connectivity index (χ0) is 19.3. The molecule has 5 heteroatoms. The average molecular weight is 377 g/mol. The summed E-state index contributed by atoms with van der Waals surface area (Å²) in [5, 5.41) is 9.12. The van der Waals surface area contributed by atoms with Crippen molar-refractivity contribution in [3.63, 3.8) is 0 Å². The Morgan fingerprint density at radius 2 is 1.68 bits per heavy atom. The van der Waals surface area contributed by atoms with E-state index in [9.17, 15) is 9.59 Å². The fourth-order valence-electron chi connectivity index (χ4n) is 5.01. The second kappa shape index (κ2) is 6.66. The maximum atomic E-state index is 12.6. The van der Waals surface area contributed by atoms with Gasteiger partial charge in [-0.25, -0.2) is 4.79 Å². The van der Waals surface area contributed by atoms with Crippen molar-refractivity contribution in [2.45, 2.75) is 18.8 Å². The number of hydrogen-bond donors (Lipinski definition) is 1. The average Bonchev–Trinajstić information content (AvgIpc) is 3.26. The van der Waals surface area contributed by atoms with Gasteiger partial charge in [0.1, 0.15) is 6.61 Å². The Morgan fingerprint density at radius 3 is 2.29 bits per heavy atom. The van der Waals surface area contributed by atoms with Crippen molar-refractivity contribution in [2.75, 3.05) is 19.7 Å². The number of amides is 1. The molecule has 2 aromatic rings. The van der Waals surface area contributed by atoms with E-state index in [1.807, 2.05) is 24.3 Å². The van der Waals surface area contributed by atoms with E-state index in [0.29, 0.717) is 25.6 Å². The summed E-state index contributed by atoms with van der Waals surface area (Å²) >= 11 is 0. The Labute approximate surface area is 163 Å². The van der Waals surface area contributed by atoms with Crippen molar-refractivity contribution in [3.8, 4) is 11.1 Å². The number of benzene rings is 2. The molecule has 5 rings (SSSR count). The van der Waals surface area contributed by atoms with E-state index in [2.05, 4.69) is 24.3 Å². The summed E-state index contributed by atoms with van der Waals surface area (Å²) in [6.07, 6.45) is 1.34. The standard InChI is InChI=1S/C23H23NO4/c25-22(26)20-11-19(20)14-9-10-24(12-14)23(27)28-13-21-17-7-3-1-5-15(17)16-6-2-4-8-18(16)21/h1-8,14,19-21H,9-13H2,(H,25,26)/t14?,19-,20+/m0/s1. The minimum Gasteiger partial charge on any atom is -0.481 e. The molecule has 1 unspecified atom stereocenters. The highest BCUT2D eigenvalue weighted by atomic mass is 16.6. The van der Waals surface area contributed by atoms with Crippen molar-refractivity contribution < 1.29 is 19.4 Å². The Kier molecular flexibility index (Phi) is 4.11. The van der Waals surface area contributed by atoms with Gasteiger partial charge in [0, 0.05) is 19.0 Å². The van der Waals surface area contributed by atoms with Gasteiger partial charge in [-0.1, -0.05) is 48.5 Å². The van der Waals surface area contributed by atoms with Crippen molar-refractivity contribution in [3.05, 3.63) is 59.7 Å². The number of ether oxygens (including phenoxy) is 1. The van der Waals surface area contributed by atoms with Gasteiger partial charge in [0.2, 0.25) is 0 Å². The summed E-state index contributed by atoms with van der Waals surface area (Å²) in [5.74, 6) is -0.336. The Balaban J connectivity index is 1.24. The van der Waals surface area contributed by atoms with Gasteiger partial charge >= 0.3 is 12.1 Å². The van der Waals surface area contributed by atoms with Gasteiger partial charge in [-0.05, 0) is 46.9 Å². The maximum absolute atomic E-state index is 12.6. The van der Waals surface area contributed by atoms with E-state index in [0.717, 1.165) is 12.8 Å². The molecule has 2 fully saturated rings. The molecular formula is C23H23NO4. The molecule has 1 saturated heterocycles. The monoisotopic (exact) mass is 377 g/mol. The SMILES string of the molecule is O=C(O)[C@@H]1C[C@H]1C1CCN(C(=O)OCC2c3ccccc3-c3ccccc32)C1. The van der Waals surface area contributed by atoms with Gasteiger partial charge in [0.25, 0.3) is 0 Å². The number of carbonyl (C=O) groups excluding carboxylic acids is 1. The normalized spacial score (nSPS) is 25.3. The number of rotatable bonds is 4. The molecule has 2 aromatic carbocycles. The highest BCUT2D eigenvalue weighted by Gasteiger charge is 2.50. The van der Waals surface area contributed by atoms with Crippen molar-refractivity contribution in [1.29, 1.82) is 0 Å². The molecule has 0 radical (unpaired) electrons. The quantitative estimate of drug-likeness (QED) is 0.875. The summed E-state index contributed by atoms with van der Waals surface area (Å²) < 4.78 is 5.72. The van der Waals surface area contributed by atoms with Crippen LogP contribution in [0.25, 0.3) is 11.1 Å². The Bertz CT molecular complexity index is 894. The second-order valence-electron chi connectivity index (χ2n) is 8.14. The van der Waals surface area contributed by atoms with Crippen LogP contribution in [0.3, 0.4) is 0 Å². The predicted molar refractivity (Wildman–Crippen MR) is 104 cm³/mol. The molecule has 1 heterocycles. The van der Waals surface area contributed by atoms with Gasteiger partial charge in [0.05, 0.1) is 5.92 Å². The van der Waals surface area contributed by atoms with Gasteiger partial charge in [-0.3, -0.25) is 4.79 Å². The smallest absolute Gasteiger partial charge is 0.409 e. The first-order valence-corrected chi connectivity index (χ1v) is 9.96. The Hall–Kier alpha value is -2.82. The van der Waals surface area contributed by atoms with E-state index >= 15 is 0 Å². The van der Waals surface area contributed by atoms with Crippen LogP contribution >= 0.6 is 0 Å². The van der Waals surface area contributed by atoms with E-state index in [1.165, 1.54) is 22.3 Å². The summed E-state index contributed by atoms with van der Waals surface area (Å²) in [6.45, 7) is 1.60. The minimum absolute atomic E-state index is 0.0644. The van der Waals surface area contributed by atoms with Crippen molar-refractivity contribution >= 4 is 12.1 Å². The third kappa shape index (κ3) is 2.86. The molecule has 0 bridgehead atoms. The molecule has 1 N–H and O–H groups in total. The molecule has 2 aliphatic carbocycles. The van der Waals surface area contributed by atoms with E-state index < -0.39 is 5.97 Å². The second-order valence-corrected chi connectivity index (χ2v) is 8.14. The molecule has 0 aromatic heterocycles. The van der Waals surface area contributed by atoms with Gasteiger partial charge in [-0.15, -0.1) is 0 Å². The van der Waals surface area contributed by atoms with Crippen LogP contribution in [-0.2, 0) is 9.53 Å². The van der Waals surface area contributed by atoms with E-state index in [1.54, 1.807) is 4.90 Å². The number of carboxylic acid groups (broad SMARTS) is 1. The van der Waals surface area contributed by atoms with Crippen molar-refractivity contribution in [1.82, 2.24) is 4.90 Å². The lowest BCUT2D eigenvalue weighted by Crippen LogP contribution is -2.30. The summed E-state index contributed by atoms with van der Waals surface area (Å²) in [4.78, 5) is 25.5. The first-order chi connectivity index (χ1) is 13.6. The zero-order valence-electron chi connectivity index (χ0n) is 15.6. The first-order valence-electron chi connectivity index (χ1n) is 9.96. The lowest BCUT2D eigenvalue weighted by atomic mass is 9.98. The summed E-state index contributed by atoms with van der Waals surface area (Å²) in [7, 11) is 0. The third-order valence-corrected chi connectivity index (χ3v) is 6.58. The zero-order valence-corrected chi connectivity index (χ0v) is 15.6. The number of aliphatic carboxylic acids is 1. The number of likely N-dealkylation sites (tertiary alicyclic amines) is 1. The van der Waals surface area contributed by atoms with Gasteiger partial charge < -0.3 is 14.7 Å². The van der Waals surface area contributed by atoms with Gasteiger partial charge in [-0.2, -0.15) is 0 Å². The van der Waals surface area contributed by atoms with Crippen LogP contribution < -0.4 is 0 Å². The largest absolute Gasteiger partial charge is 0.481 e. The van der Waals surface area contributed by atoms with Crippen molar-refractivity contribution in [2.24, 2.45) is 17.8 Å². The number of hydrogen-bond acceptors (Lipinski definition) is 3. The summed E-state index contributed by atoms with van der Waals surface area (Å²) in [6, 6.07) is 16.6. The molecule has 0 spiro atoms. The Morgan fingerprint density at radius 1 is 1.04 bits per heavy atom. The molecular weight excluding hydrogens is 354 g/mol. The number of carboxylic acids is 1. The molecule has 1 amide bonds. The van der Waals surface area contributed by atoms with Crippen LogP contribution in [0.2, 0.25) is 0 Å². The van der Waals surface area contributed by atoms with Gasteiger partial charge in [0.15, 0.2) is 0 Å². The van der Waals surface area contributed by atoms with Crippen LogP contribution in [0.5, 0.6) is 0 Å². The molecule has 144 valence electrons. The highest BCUT2D eigenvalue weighted by Crippen LogP contribution is 2.48. The highest BCUT2D eigenvalue weighted by molar-refractivity contribution is 5.79. The topological polar surface area (TPSA) is 66.8 Å². The van der Waals surface area contributed by atoms with Crippen LogP contribution in [0.1, 0.15) is 29.9 Å². The molecule has 5 nitrogen and oxygen atoms in total. The predicted octanol–water partition coefficient (Wildman–Crippen LogP) is 3.98. The number of carbonyl (C=O) groups is 2. The fraction of sp³-hybridized carbons (Fsp3) is 0.391. The molecule has 1 aliphatic heterocycles.